The Bertz CT molecular complexity index is 4580. The number of benzene rings is 9. The number of ether oxygens (including phenoxy) is 1. The maximum Gasteiger partial charge on any atom is 0.137 e. The monoisotopic (exact) mass is 1100 g/mol. The molecular formula is C62H40N7OPt-3. The summed E-state index contributed by atoms with van der Waals surface area (Å²) in [5, 5.41) is 7.26. The second-order valence-corrected chi connectivity index (χ2v) is 17.7. The smallest absolute Gasteiger partial charge is 0.137 e. The van der Waals surface area contributed by atoms with Gasteiger partial charge in [0.15, 0.2) is 0 Å². The third kappa shape index (κ3) is 5.98. The van der Waals surface area contributed by atoms with Gasteiger partial charge in [-0.25, -0.2) is 4.98 Å². The zero-order chi connectivity index (χ0) is 51.2. The number of pyridine rings is 1. The molecule has 6 heterocycles. The summed E-state index contributed by atoms with van der Waals surface area (Å²) in [5.74, 6) is 1.63. The average molecular weight is 1100 g/mol. The van der Waals surface area contributed by atoms with Gasteiger partial charge in [-0.3, -0.25) is 0 Å². The van der Waals surface area contributed by atoms with Crippen LogP contribution >= 0.6 is 0 Å². The minimum atomic E-state index is -2.64. The Morgan fingerprint density at radius 2 is 0.986 bits per heavy atom. The quantitative estimate of drug-likeness (QED) is 0.156. The van der Waals surface area contributed by atoms with E-state index in [4.69, 9.17) is 17.9 Å². The zero-order valence-corrected chi connectivity index (χ0v) is 39.8. The molecule has 0 aliphatic carbocycles. The Kier molecular flexibility index (Phi) is 7.86. The SMILES string of the molecule is [2H]C([2H])([2H])n1c2ccccc2c2cc3c4ccccc4n(C([2H])([2H])[2H])c3c(N3[CH-]N(c4[c-]c(Oc5[c-]c6c(cc5)c5ccccc5n6-c5cc(-n6c7ccccc7c7ccccc76)ccn5)ccc4)c4ccccc43)c21.[Pt]. The van der Waals surface area contributed by atoms with Crippen LogP contribution in [0.15, 0.2) is 200 Å². The Balaban J connectivity index is 0.00000540. The molecule has 9 heteroatoms. The number of hydrogen-bond donors (Lipinski definition) is 0. The van der Waals surface area contributed by atoms with Gasteiger partial charge >= 0.3 is 0 Å². The zero-order valence-electron chi connectivity index (χ0n) is 43.5. The summed E-state index contributed by atoms with van der Waals surface area (Å²) in [6.45, 7) is -3.39. The molecule has 0 radical (unpaired) electrons. The fourth-order valence-electron chi connectivity index (χ4n) is 11.1. The van der Waals surface area contributed by atoms with E-state index in [1.807, 2.05) is 132 Å². The summed E-state index contributed by atoms with van der Waals surface area (Å²) in [6, 6.07) is 70.8. The Morgan fingerprint density at radius 1 is 0.465 bits per heavy atom. The van der Waals surface area contributed by atoms with Gasteiger partial charge < -0.3 is 32.8 Å². The fraction of sp³-hybridized carbons (Fsp3) is 0.0323. The third-order valence-electron chi connectivity index (χ3n) is 14.0. The van der Waals surface area contributed by atoms with Gasteiger partial charge in [0.2, 0.25) is 0 Å². The molecule has 0 N–H and O–H groups in total. The van der Waals surface area contributed by atoms with E-state index in [1.54, 1.807) is 12.1 Å². The summed E-state index contributed by atoms with van der Waals surface area (Å²) in [7, 11) is 0. The van der Waals surface area contributed by atoms with Gasteiger partial charge in [-0.2, -0.15) is 12.1 Å². The van der Waals surface area contributed by atoms with Crippen molar-refractivity contribution >= 4 is 110 Å². The molecule has 1 aliphatic rings. The Labute approximate surface area is 431 Å². The van der Waals surface area contributed by atoms with Gasteiger partial charge in [-0.05, 0) is 60.0 Å². The number of anilines is 4. The van der Waals surface area contributed by atoms with Gasteiger partial charge in [0, 0.05) is 127 Å². The molecule has 0 fully saturated rings. The van der Waals surface area contributed by atoms with Crippen LogP contribution in [0.1, 0.15) is 8.22 Å². The Morgan fingerprint density at radius 3 is 1.61 bits per heavy atom. The van der Waals surface area contributed by atoms with Crippen molar-refractivity contribution in [2.75, 3.05) is 9.80 Å². The van der Waals surface area contributed by atoms with Crippen molar-refractivity contribution in [1.29, 1.82) is 0 Å². The van der Waals surface area contributed by atoms with E-state index in [2.05, 4.69) is 94.1 Å². The van der Waals surface area contributed by atoms with Crippen molar-refractivity contribution < 1.29 is 34.0 Å². The van der Waals surface area contributed by atoms with Crippen molar-refractivity contribution in [2.24, 2.45) is 14.0 Å². The summed E-state index contributed by atoms with van der Waals surface area (Å²) in [5.41, 5.74) is 9.28. The number of para-hydroxylation sites is 7. The molecule has 0 atom stereocenters. The van der Waals surface area contributed by atoms with E-state index < -0.39 is 14.0 Å². The van der Waals surface area contributed by atoms with E-state index in [1.165, 1.54) is 19.9 Å². The predicted octanol–water partition coefficient (Wildman–Crippen LogP) is 15.4. The first-order valence-corrected chi connectivity index (χ1v) is 23.1. The molecule has 0 bridgehead atoms. The average Bonchev–Trinajstić information content (AvgIpc) is 4.41. The molecule has 9 aromatic carbocycles. The molecule has 0 amide bonds. The largest absolute Gasteiger partial charge is 0.509 e. The van der Waals surface area contributed by atoms with Crippen LogP contribution in [0.25, 0.3) is 98.7 Å². The van der Waals surface area contributed by atoms with Crippen LogP contribution < -0.4 is 14.5 Å². The standard InChI is InChI=1S/C62H40N7O.Pt/c1-64-51-23-8-3-21-46(51)49-37-50-47-22-4-9-24-52(47)65(2)61(50)62(60(49)64)67-38-66(56-28-13-14-29-57(56)67)39-16-15-17-41(34-39)70-42-30-31-48-45-20-7-12-27-55(45)69(58(48)36-42)59-35-40(32-33-63-59)68-53-25-10-5-18-43(53)44-19-6-11-26-54(44)68;/h3-33,35,37-38H,1-2H3;/q-3;/i1D3,2D3;. The minimum Gasteiger partial charge on any atom is -0.509 e. The molecule has 15 rings (SSSR count). The van der Waals surface area contributed by atoms with Crippen LogP contribution in [0.4, 0.5) is 22.7 Å². The summed E-state index contributed by atoms with van der Waals surface area (Å²) in [6.07, 6.45) is 1.85. The number of nitrogens with zero attached hydrogens (tertiary/aromatic N) is 7. The fourth-order valence-corrected chi connectivity index (χ4v) is 11.1. The number of aryl methyl sites for hydroxylation is 2. The number of aromatic nitrogens is 5. The van der Waals surface area contributed by atoms with E-state index in [-0.39, 0.29) is 21.1 Å². The second-order valence-electron chi connectivity index (χ2n) is 17.7. The molecule has 0 saturated carbocycles. The minimum absolute atomic E-state index is 0. The van der Waals surface area contributed by atoms with Gasteiger partial charge in [0.1, 0.15) is 5.82 Å². The molecule has 0 unspecified atom stereocenters. The van der Waals surface area contributed by atoms with Crippen molar-refractivity contribution in [1.82, 2.24) is 23.3 Å². The van der Waals surface area contributed by atoms with E-state index in [0.29, 0.717) is 61.4 Å². The molecule has 8 nitrogen and oxygen atoms in total. The topological polar surface area (TPSA) is 48.3 Å². The molecule has 1 aliphatic heterocycles. The summed E-state index contributed by atoms with van der Waals surface area (Å²) >= 11 is 0. The summed E-state index contributed by atoms with van der Waals surface area (Å²) in [4.78, 5) is 8.86. The van der Waals surface area contributed by atoms with E-state index in [9.17, 15) is 0 Å². The van der Waals surface area contributed by atoms with Crippen LogP contribution in [-0.4, -0.2) is 23.3 Å². The first kappa shape index (κ1) is 35.5. The van der Waals surface area contributed by atoms with E-state index in [0.717, 1.165) is 60.8 Å². The predicted molar refractivity (Wildman–Crippen MR) is 287 cm³/mol. The number of hydrogen-bond acceptors (Lipinski definition) is 4. The number of fused-ring (bicyclic) bond motifs is 13. The van der Waals surface area contributed by atoms with Gasteiger partial charge in [-0.1, -0.05) is 109 Å². The van der Waals surface area contributed by atoms with Crippen molar-refractivity contribution in [3.05, 3.63) is 219 Å². The Hall–Kier alpha value is -8.58. The molecule has 71 heavy (non-hydrogen) atoms. The second kappa shape index (κ2) is 15.7. The van der Waals surface area contributed by atoms with Gasteiger partial charge in [0.05, 0.1) is 33.4 Å². The molecule has 14 aromatic rings. The maximum absolute atomic E-state index is 8.97. The van der Waals surface area contributed by atoms with Crippen molar-refractivity contribution in [3.63, 3.8) is 0 Å². The molecule has 5 aromatic heterocycles. The molecular weight excluding hydrogens is 1050 g/mol. The molecule has 0 spiro atoms. The van der Waals surface area contributed by atoms with E-state index >= 15 is 0 Å². The van der Waals surface area contributed by atoms with Crippen LogP contribution in [-0.2, 0) is 35.0 Å². The first-order chi connectivity index (χ1) is 37.0. The van der Waals surface area contributed by atoms with Gasteiger partial charge in [-0.15, -0.1) is 48.1 Å². The van der Waals surface area contributed by atoms with Crippen molar-refractivity contribution in [3.8, 4) is 23.0 Å². The number of rotatable bonds is 6. The first-order valence-electron chi connectivity index (χ1n) is 26.1. The normalized spacial score (nSPS) is 14.3. The van der Waals surface area contributed by atoms with Gasteiger partial charge in [0.25, 0.3) is 0 Å². The van der Waals surface area contributed by atoms with Crippen molar-refractivity contribution in [2.45, 2.75) is 0 Å². The van der Waals surface area contributed by atoms with Crippen LogP contribution in [0.2, 0.25) is 0 Å². The van der Waals surface area contributed by atoms with Crippen LogP contribution in [0.5, 0.6) is 11.5 Å². The molecule has 342 valence electrons. The van der Waals surface area contributed by atoms with Crippen LogP contribution in [0, 0.1) is 18.8 Å². The summed E-state index contributed by atoms with van der Waals surface area (Å²) < 4.78 is 67.7. The third-order valence-corrected chi connectivity index (χ3v) is 14.0. The maximum atomic E-state index is 8.97. The van der Waals surface area contributed by atoms with Crippen LogP contribution in [0.3, 0.4) is 0 Å². The molecule has 0 saturated heterocycles.